The molecule has 1 aromatic rings. The molecular formula is C16H27FN2. The first-order chi connectivity index (χ1) is 9.06. The predicted molar refractivity (Wildman–Crippen MR) is 79.5 cm³/mol. The lowest BCUT2D eigenvalue weighted by molar-refractivity contribution is 0.245. The zero-order chi connectivity index (χ0) is 14.3. The van der Waals surface area contributed by atoms with E-state index in [1.807, 2.05) is 12.1 Å². The van der Waals surface area contributed by atoms with E-state index in [-0.39, 0.29) is 11.9 Å². The summed E-state index contributed by atoms with van der Waals surface area (Å²) in [7, 11) is 2.06. The molecule has 0 spiro atoms. The Hall–Kier alpha value is -0.930. The average Bonchev–Trinajstić information content (AvgIpc) is 2.38. The van der Waals surface area contributed by atoms with Gasteiger partial charge in [0.15, 0.2) is 0 Å². The molecule has 0 heterocycles. The third-order valence-electron chi connectivity index (χ3n) is 3.88. The second-order valence-corrected chi connectivity index (χ2v) is 5.50. The SMILES string of the molecule is CC(CCN)CCCN(C)C(C)c1ccccc1F. The molecule has 0 saturated carbocycles. The fourth-order valence-corrected chi connectivity index (χ4v) is 2.36. The molecule has 2 unspecified atom stereocenters. The largest absolute Gasteiger partial charge is 0.330 e. The number of halogens is 1. The number of nitrogens with zero attached hydrogens (tertiary/aromatic N) is 1. The molecule has 0 aliphatic carbocycles. The topological polar surface area (TPSA) is 29.3 Å². The molecule has 1 rings (SSSR count). The molecule has 2 N–H and O–H groups in total. The van der Waals surface area contributed by atoms with Gasteiger partial charge < -0.3 is 5.73 Å². The van der Waals surface area contributed by atoms with Crippen molar-refractivity contribution in [1.82, 2.24) is 4.90 Å². The highest BCUT2D eigenvalue weighted by Crippen LogP contribution is 2.22. The summed E-state index contributed by atoms with van der Waals surface area (Å²) in [5.41, 5.74) is 6.33. The van der Waals surface area contributed by atoms with Gasteiger partial charge in [0.05, 0.1) is 0 Å². The van der Waals surface area contributed by atoms with Crippen molar-refractivity contribution >= 4 is 0 Å². The maximum atomic E-state index is 13.7. The van der Waals surface area contributed by atoms with Gasteiger partial charge in [0.25, 0.3) is 0 Å². The van der Waals surface area contributed by atoms with Crippen LogP contribution in [0.2, 0.25) is 0 Å². The smallest absolute Gasteiger partial charge is 0.127 e. The lowest BCUT2D eigenvalue weighted by Gasteiger charge is -2.25. The van der Waals surface area contributed by atoms with Gasteiger partial charge in [-0.3, -0.25) is 4.90 Å². The van der Waals surface area contributed by atoms with Crippen LogP contribution in [0.25, 0.3) is 0 Å². The Morgan fingerprint density at radius 2 is 1.89 bits per heavy atom. The average molecular weight is 266 g/mol. The molecule has 0 aliphatic heterocycles. The summed E-state index contributed by atoms with van der Waals surface area (Å²) in [5.74, 6) is 0.570. The minimum atomic E-state index is -0.113. The highest BCUT2D eigenvalue weighted by molar-refractivity contribution is 5.20. The van der Waals surface area contributed by atoms with Crippen LogP contribution in [-0.2, 0) is 0 Å². The van der Waals surface area contributed by atoms with Crippen LogP contribution in [0.4, 0.5) is 4.39 Å². The molecule has 0 aliphatic rings. The van der Waals surface area contributed by atoms with Crippen LogP contribution in [-0.4, -0.2) is 25.0 Å². The first-order valence-corrected chi connectivity index (χ1v) is 7.21. The summed E-state index contributed by atoms with van der Waals surface area (Å²) >= 11 is 0. The van der Waals surface area contributed by atoms with Gasteiger partial charge in [-0.05, 0) is 58.3 Å². The van der Waals surface area contributed by atoms with E-state index in [0.29, 0.717) is 5.92 Å². The van der Waals surface area contributed by atoms with Crippen molar-refractivity contribution in [3.05, 3.63) is 35.6 Å². The van der Waals surface area contributed by atoms with Crippen molar-refractivity contribution in [2.24, 2.45) is 11.7 Å². The van der Waals surface area contributed by atoms with E-state index >= 15 is 0 Å². The van der Waals surface area contributed by atoms with E-state index in [2.05, 4.69) is 25.8 Å². The van der Waals surface area contributed by atoms with E-state index < -0.39 is 0 Å². The van der Waals surface area contributed by atoms with E-state index in [0.717, 1.165) is 31.5 Å². The zero-order valence-electron chi connectivity index (χ0n) is 12.4. The van der Waals surface area contributed by atoms with Gasteiger partial charge in [0.1, 0.15) is 5.82 Å². The second kappa shape index (κ2) is 8.28. The Morgan fingerprint density at radius 1 is 1.21 bits per heavy atom. The van der Waals surface area contributed by atoms with Crippen molar-refractivity contribution < 1.29 is 4.39 Å². The standard InChI is InChI=1S/C16H27FN2/c1-13(10-11-18)7-6-12-19(3)14(2)15-8-4-5-9-16(15)17/h4-5,8-9,13-14H,6-7,10-12,18H2,1-3H3. The molecule has 19 heavy (non-hydrogen) atoms. The van der Waals surface area contributed by atoms with Gasteiger partial charge in [-0.2, -0.15) is 0 Å². The fourth-order valence-electron chi connectivity index (χ4n) is 2.36. The third-order valence-corrected chi connectivity index (χ3v) is 3.88. The molecule has 0 amide bonds. The van der Waals surface area contributed by atoms with Crippen LogP contribution in [0.3, 0.4) is 0 Å². The molecule has 0 aromatic heterocycles. The number of benzene rings is 1. The quantitative estimate of drug-likeness (QED) is 0.779. The third kappa shape index (κ3) is 5.29. The highest BCUT2D eigenvalue weighted by atomic mass is 19.1. The summed E-state index contributed by atoms with van der Waals surface area (Å²) in [5, 5.41) is 0. The summed E-state index contributed by atoms with van der Waals surface area (Å²) in [6, 6.07) is 7.15. The van der Waals surface area contributed by atoms with Crippen molar-refractivity contribution in [2.75, 3.05) is 20.1 Å². The molecule has 1 aromatic carbocycles. The number of hydrogen-bond donors (Lipinski definition) is 1. The molecule has 0 fully saturated rings. The monoisotopic (exact) mass is 266 g/mol. The van der Waals surface area contributed by atoms with Crippen LogP contribution in [0.5, 0.6) is 0 Å². The van der Waals surface area contributed by atoms with Crippen LogP contribution >= 0.6 is 0 Å². The van der Waals surface area contributed by atoms with Crippen molar-refractivity contribution in [1.29, 1.82) is 0 Å². The summed E-state index contributed by atoms with van der Waals surface area (Å²) in [6.07, 6.45) is 3.41. The normalized spacial score (nSPS) is 14.6. The van der Waals surface area contributed by atoms with Gasteiger partial charge in [-0.1, -0.05) is 25.1 Å². The van der Waals surface area contributed by atoms with Gasteiger partial charge in [-0.15, -0.1) is 0 Å². The lowest BCUT2D eigenvalue weighted by atomic mass is 10.0. The molecular weight excluding hydrogens is 239 g/mol. The maximum Gasteiger partial charge on any atom is 0.127 e. The van der Waals surface area contributed by atoms with Gasteiger partial charge >= 0.3 is 0 Å². The van der Waals surface area contributed by atoms with Crippen LogP contribution in [0, 0.1) is 11.7 Å². The molecule has 0 radical (unpaired) electrons. The Labute approximate surface area is 116 Å². The lowest BCUT2D eigenvalue weighted by Crippen LogP contribution is -2.24. The van der Waals surface area contributed by atoms with E-state index in [1.54, 1.807) is 6.07 Å². The summed E-state index contributed by atoms with van der Waals surface area (Å²) in [6.45, 7) is 6.06. The molecule has 108 valence electrons. The summed E-state index contributed by atoms with van der Waals surface area (Å²) in [4.78, 5) is 2.22. The Balaban J connectivity index is 2.41. The maximum absolute atomic E-state index is 13.7. The minimum absolute atomic E-state index is 0.113. The number of nitrogens with two attached hydrogens (primary N) is 1. The van der Waals surface area contributed by atoms with Crippen LogP contribution in [0.15, 0.2) is 24.3 Å². The first-order valence-electron chi connectivity index (χ1n) is 7.21. The molecule has 2 nitrogen and oxygen atoms in total. The predicted octanol–water partition coefficient (Wildman–Crippen LogP) is 3.58. The fraction of sp³-hybridized carbons (Fsp3) is 0.625. The Kier molecular flexibility index (Phi) is 7.03. The van der Waals surface area contributed by atoms with Gasteiger partial charge in [0.2, 0.25) is 0 Å². The van der Waals surface area contributed by atoms with Crippen molar-refractivity contribution in [2.45, 2.75) is 39.2 Å². The van der Waals surface area contributed by atoms with E-state index in [1.165, 1.54) is 12.5 Å². The minimum Gasteiger partial charge on any atom is -0.330 e. The molecule has 0 bridgehead atoms. The van der Waals surface area contributed by atoms with Crippen molar-refractivity contribution in [3.63, 3.8) is 0 Å². The van der Waals surface area contributed by atoms with E-state index in [9.17, 15) is 4.39 Å². The highest BCUT2D eigenvalue weighted by Gasteiger charge is 2.14. The number of rotatable bonds is 8. The molecule has 0 saturated heterocycles. The van der Waals surface area contributed by atoms with Crippen molar-refractivity contribution in [3.8, 4) is 0 Å². The van der Waals surface area contributed by atoms with Gasteiger partial charge in [-0.25, -0.2) is 4.39 Å². The van der Waals surface area contributed by atoms with Crippen LogP contribution in [0.1, 0.15) is 44.7 Å². The van der Waals surface area contributed by atoms with E-state index in [4.69, 9.17) is 5.73 Å². The molecule has 2 atom stereocenters. The summed E-state index contributed by atoms with van der Waals surface area (Å²) < 4.78 is 13.7. The van der Waals surface area contributed by atoms with Crippen LogP contribution < -0.4 is 5.73 Å². The first kappa shape index (κ1) is 16.1. The molecule has 3 heteroatoms. The number of hydrogen-bond acceptors (Lipinski definition) is 2. The Bertz CT molecular complexity index is 368. The zero-order valence-corrected chi connectivity index (χ0v) is 12.4. The van der Waals surface area contributed by atoms with Gasteiger partial charge in [0, 0.05) is 11.6 Å². The second-order valence-electron chi connectivity index (χ2n) is 5.50. The Morgan fingerprint density at radius 3 is 2.53 bits per heavy atom.